The number of nitrogens with one attached hydrogen (secondary N) is 2. The number of ether oxygens (including phenoxy) is 1. The number of carbonyl (C=O) groups is 1. The largest absolute Gasteiger partial charge is 0.381 e. The van der Waals surface area contributed by atoms with Gasteiger partial charge in [-0.2, -0.15) is 0 Å². The molecule has 2 N–H and O–H groups in total. The first-order valence-corrected chi connectivity index (χ1v) is 11.4. The van der Waals surface area contributed by atoms with Gasteiger partial charge < -0.3 is 15.4 Å². The fourth-order valence-electron chi connectivity index (χ4n) is 3.92. The SMILES string of the molecule is C=Cc1ncc(COCC)c(-c2ccc3c(ccc4sc5c(c43)NC[C@@H](C)NC5=O)n2)n1. The molecule has 1 aromatic carbocycles. The summed E-state index contributed by atoms with van der Waals surface area (Å²) in [5.41, 5.74) is 4.09. The molecule has 0 radical (unpaired) electrons. The number of benzene rings is 1. The van der Waals surface area contributed by atoms with Gasteiger partial charge in [-0.3, -0.25) is 4.79 Å². The Bertz CT molecular complexity index is 1360. The van der Waals surface area contributed by atoms with E-state index in [0.29, 0.717) is 30.5 Å². The van der Waals surface area contributed by atoms with E-state index in [0.717, 1.165) is 43.6 Å². The minimum atomic E-state index is -0.0325. The molecule has 0 bridgehead atoms. The zero-order valence-corrected chi connectivity index (χ0v) is 18.8. The van der Waals surface area contributed by atoms with Crippen LogP contribution in [-0.2, 0) is 11.3 Å². The minimum Gasteiger partial charge on any atom is -0.381 e. The van der Waals surface area contributed by atoms with Crippen molar-refractivity contribution in [2.24, 2.45) is 0 Å². The Morgan fingerprint density at radius 2 is 2.16 bits per heavy atom. The van der Waals surface area contributed by atoms with Crippen LogP contribution >= 0.6 is 11.3 Å². The molecule has 32 heavy (non-hydrogen) atoms. The Hall–Kier alpha value is -3.36. The van der Waals surface area contributed by atoms with Gasteiger partial charge in [0.15, 0.2) is 5.82 Å². The molecule has 1 aliphatic rings. The summed E-state index contributed by atoms with van der Waals surface area (Å²) >= 11 is 1.50. The summed E-state index contributed by atoms with van der Waals surface area (Å²) in [5.74, 6) is 0.514. The summed E-state index contributed by atoms with van der Waals surface area (Å²) in [5, 5.41) is 8.54. The number of amides is 1. The van der Waals surface area contributed by atoms with Crippen molar-refractivity contribution in [1.82, 2.24) is 20.3 Å². The van der Waals surface area contributed by atoms with Crippen LogP contribution in [0, 0.1) is 0 Å². The van der Waals surface area contributed by atoms with Gasteiger partial charge in [0.2, 0.25) is 0 Å². The molecule has 1 amide bonds. The third-order valence-electron chi connectivity index (χ3n) is 5.46. The van der Waals surface area contributed by atoms with Gasteiger partial charge in [0, 0.05) is 46.4 Å². The lowest BCUT2D eigenvalue weighted by atomic mass is 10.1. The first-order valence-electron chi connectivity index (χ1n) is 10.6. The summed E-state index contributed by atoms with van der Waals surface area (Å²) in [6.45, 7) is 9.43. The molecule has 0 fully saturated rings. The summed E-state index contributed by atoms with van der Waals surface area (Å²) in [6, 6.07) is 8.12. The third-order valence-corrected chi connectivity index (χ3v) is 6.61. The highest BCUT2D eigenvalue weighted by Gasteiger charge is 2.25. The highest BCUT2D eigenvalue weighted by atomic mass is 32.1. The molecular formula is C24H23N5O2S. The van der Waals surface area contributed by atoms with E-state index in [4.69, 9.17) is 9.72 Å². The van der Waals surface area contributed by atoms with E-state index in [1.54, 1.807) is 12.3 Å². The van der Waals surface area contributed by atoms with E-state index in [9.17, 15) is 4.79 Å². The van der Waals surface area contributed by atoms with Gasteiger partial charge in [0.25, 0.3) is 5.91 Å². The number of fused-ring (bicyclic) bond motifs is 5. The number of nitrogens with zero attached hydrogens (tertiary/aromatic N) is 3. The Morgan fingerprint density at radius 1 is 1.28 bits per heavy atom. The zero-order valence-electron chi connectivity index (χ0n) is 17.9. The van der Waals surface area contributed by atoms with Crippen LogP contribution in [0.5, 0.6) is 0 Å². The number of hydrogen-bond donors (Lipinski definition) is 2. The van der Waals surface area contributed by atoms with E-state index in [-0.39, 0.29) is 11.9 Å². The minimum absolute atomic E-state index is 0.0325. The van der Waals surface area contributed by atoms with Gasteiger partial charge in [-0.05, 0) is 44.2 Å². The summed E-state index contributed by atoms with van der Waals surface area (Å²) in [6.07, 6.45) is 3.39. The van der Waals surface area contributed by atoms with Crippen LogP contribution < -0.4 is 10.6 Å². The lowest BCUT2D eigenvalue weighted by molar-refractivity contribution is 0.0949. The molecule has 4 heterocycles. The fourth-order valence-corrected chi connectivity index (χ4v) is 5.01. The molecule has 1 atom stereocenters. The van der Waals surface area contributed by atoms with Crippen LogP contribution in [0.1, 0.15) is 34.9 Å². The quantitative estimate of drug-likeness (QED) is 0.466. The Balaban J connectivity index is 1.67. The van der Waals surface area contributed by atoms with Gasteiger partial charge in [-0.15, -0.1) is 11.3 Å². The molecule has 8 heteroatoms. The van der Waals surface area contributed by atoms with Crippen LogP contribution in [0.2, 0.25) is 0 Å². The summed E-state index contributed by atoms with van der Waals surface area (Å²) < 4.78 is 6.66. The van der Waals surface area contributed by atoms with Crippen molar-refractivity contribution in [2.45, 2.75) is 26.5 Å². The number of hydrogen-bond acceptors (Lipinski definition) is 7. The van der Waals surface area contributed by atoms with E-state index >= 15 is 0 Å². The van der Waals surface area contributed by atoms with E-state index in [1.807, 2.05) is 32.0 Å². The number of carbonyl (C=O) groups excluding carboxylic acids is 1. The van der Waals surface area contributed by atoms with Gasteiger partial charge in [0.1, 0.15) is 4.88 Å². The molecule has 0 unspecified atom stereocenters. The van der Waals surface area contributed by atoms with Crippen molar-refractivity contribution < 1.29 is 9.53 Å². The topological polar surface area (TPSA) is 89.0 Å². The molecule has 5 rings (SSSR count). The maximum atomic E-state index is 12.7. The molecule has 162 valence electrons. The Morgan fingerprint density at radius 3 is 2.97 bits per heavy atom. The number of rotatable bonds is 5. The fraction of sp³-hybridized carbons (Fsp3) is 0.250. The van der Waals surface area contributed by atoms with Gasteiger partial charge in [0.05, 0.1) is 29.2 Å². The van der Waals surface area contributed by atoms with Crippen molar-refractivity contribution in [1.29, 1.82) is 0 Å². The second-order valence-corrected chi connectivity index (χ2v) is 8.76. The Labute approximate surface area is 189 Å². The van der Waals surface area contributed by atoms with Crippen LogP contribution in [0.25, 0.3) is 38.5 Å². The smallest absolute Gasteiger partial charge is 0.263 e. The first kappa shape index (κ1) is 20.5. The predicted octanol–water partition coefficient (Wildman–Crippen LogP) is 4.63. The average Bonchev–Trinajstić information content (AvgIpc) is 3.13. The van der Waals surface area contributed by atoms with Crippen molar-refractivity contribution in [3.63, 3.8) is 0 Å². The van der Waals surface area contributed by atoms with Crippen molar-refractivity contribution in [3.05, 3.63) is 53.3 Å². The lowest BCUT2D eigenvalue weighted by Gasteiger charge is -2.11. The second-order valence-electron chi connectivity index (χ2n) is 7.71. The van der Waals surface area contributed by atoms with Crippen LogP contribution in [0.3, 0.4) is 0 Å². The van der Waals surface area contributed by atoms with Crippen LogP contribution in [0.4, 0.5) is 5.69 Å². The lowest BCUT2D eigenvalue weighted by Crippen LogP contribution is -2.34. The summed E-state index contributed by atoms with van der Waals surface area (Å²) in [7, 11) is 0. The van der Waals surface area contributed by atoms with Crippen molar-refractivity contribution in [2.75, 3.05) is 18.5 Å². The Kier molecular flexibility index (Phi) is 5.32. The summed E-state index contributed by atoms with van der Waals surface area (Å²) in [4.78, 5) is 27.3. The first-order chi connectivity index (χ1) is 15.6. The maximum absolute atomic E-state index is 12.7. The van der Waals surface area contributed by atoms with Crippen molar-refractivity contribution >= 4 is 50.0 Å². The number of thiophene rings is 1. The molecule has 7 nitrogen and oxygen atoms in total. The zero-order chi connectivity index (χ0) is 22.2. The number of anilines is 1. The third kappa shape index (κ3) is 3.51. The monoisotopic (exact) mass is 445 g/mol. The molecule has 0 spiro atoms. The van der Waals surface area contributed by atoms with E-state index in [2.05, 4.69) is 33.2 Å². The molecule has 1 aliphatic heterocycles. The average molecular weight is 446 g/mol. The molecule has 4 aromatic rings. The van der Waals surface area contributed by atoms with Crippen molar-refractivity contribution in [3.8, 4) is 11.4 Å². The highest BCUT2D eigenvalue weighted by Crippen LogP contribution is 2.41. The molecule has 0 aliphatic carbocycles. The van der Waals surface area contributed by atoms with Gasteiger partial charge >= 0.3 is 0 Å². The standard InChI is InChI=1S/C24H23N5O2S/c1-4-19-25-11-14(12-31-5-2)21(29-19)17-7-6-15-16(28-17)8-9-18-20(15)22-23(32-18)24(30)27-13(3)10-26-22/h4,6-9,11,13,26H,1,5,10,12H2,2-3H3,(H,27,30)/t13-/m1/s1. The normalized spacial score (nSPS) is 15.8. The molecular weight excluding hydrogens is 422 g/mol. The van der Waals surface area contributed by atoms with Gasteiger partial charge in [-0.25, -0.2) is 15.0 Å². The molecule has 3 aromatic heterocycles. The van der Waals surface area contributed by atoms with E-state index in [1.165, 1.54) is 11.3 Å². The number of pyridine rings is 1. The second kappa shape index (κ2) is 8.29. The highest BCUT2D eigenvalue weighted by molar-refractivity contribution is 7.21. The van der Waals surface area contributed by atoms with Crippen LogP contribution in [-0.4, -0.2) is 40.1 Å². The number of aromatic nitrogens is 3. The van der Waals surface area contributed by atoms with Crippen LogP contribution in [0.15, 0.2) is 37.0 Å². The molecule has 0 saturated heterocycles. The maximum Gasteiger partial charge on any atom is 0.263 e. The van der Waals surface area contributed by atoms with Gasteiger partial charge in [-0.1, -0.05) is 6.58 Å². The van der Waals surface area contributed by atoms with E-state index < -0.39 is 0 Å². The predicted molar refractivity (Wildman–Crippen MR) is 129 cm³/mol. The molecule has 0 saturated carbocycles.